The number of ketones is 1. The van der Waals surface area contributed by atoms with Gasteiger partial charge >= 0.3 is 11.9 Å². The van der Waals surface area contributed by atoms with E-state index in [4.69, 9.17) is 4.74 Å². The van der Waals surface area contributed by atoms with Crippen molar-refractivity contribution in [2.45, 2.75) is 151 Å². The normalized spacial score (nSPS) is 40.4. The van der Waals surface area contributed by atoms with Crippen LogP contribution in [0.5, 0.6) is 0 Å². The fraction of sp³-hybridized carbons (Fsp3) is 0.878. The molecule has 4 saturated carbocycles. The van der Waals surface area contributed by atoms with Crippen molar-refractivity contribution in [1.29, 1.82) is 0 Å². The number of likely N-dealkylation sites (tertiary alicyclic amines) is 1. The zero-order valence-electron chi connectivity index (χ0n) is 31.0. The zero-order valence-corrected chi connectivity index (χ0v) is 31.0. The van der Waals surface area contributed by atoms with Gasteiger partial charge in [-0.1, -0.05) is 53.5 Å². The fourth-order valence-electron chi connectivity index (χ4n) is 13.1. The van der Waals surface area contributed by atoms with Gasteiger partial charge in [0.2, 0.25) is 0 Å². The van der Waals surface area contributed by atoms with Gasteiger partial charge in [0.05, 0.1) is 11.8 Å². The highest BCUT2D eigenvalue weighted by Crippen LogP contribution is 2.73. The average Bonchev–Trinajstić information content (AvgIpc) is 3.30. The molecule has 0 aromatic carbocycles. The summed E-state index contributed by atoms with van der Waals surface area (Å²) in [4.78, 5) is 41.3. The van der Waals surface area contributed by atoms with Crippen LogP contribution >= 0.6 is 0 Å². The lowest BCUT2D eigenvalue weighted by molar-refractivity contribution is -0.214. The number of Topliss-reactive ketones (excluding diaryl/α,β-unsaturated/α-hetero) is 1. The Hall–Kier alpha value is -1.69. The number of nitrogens with zero attached hydrogens (tertiary/aromatic N) is 1. The Balaban J connectivity index is 1.24. The van der Waals surface area contributed by atoms with E-state index < -0.39 is 11.4 Å². The lowest BCUT2D eigenvalue weighted by atomic mass is 9.36. The molecule has 1 heterocycles. The smallest absolute Gasteiger partial charge is 0.309 e. The molecule has 0 bridgehead atoms. The van der Waals surface area contributed by atoms with Crippen molar-refractivity contribution in [1.82, 2.24) is 4.90 Å². The number of ether oxygens (including phenoxy) is 1. The highest BCUT2D eigenvalue weighted by atomic mass is 16.5. The number of aliphatic carboxylic acids is 1. The van der Waals surface area contributed by atoms with Crippen molar-refractivity contribution < 1.29 is 24.2 Å². The summed E-state index contributed by atoms with van der Waals surface area (Å²) in [7, 11) is 0. The third kappa shape index (κ3) is 5.76. The molecule has 5 fully saturated rings. The molecule has 1 saturated heterocycles. The van der Waals surface area contributed by atoms with Crippen molar-refractivity contribution in [3.8, 4) is 0 Å². The average molecular weight is 652 g/mol. The zero-order chi connectivity index (χ0) is 34.2. The third-order valence-corrected chi connectivity index (χ3v) is 15.5. The van der Waals surface area contributed by atoms with Gasteiger partial charge in [-0.25, -0.2) is 0 Å². The van der Waals surface area contributed by atoms with E-state index in [2.05, 4.69) is 46.4 Å². The largest absolute Gasteiger partial charge is 0.481 e. The number of fused-ring (bicyclic) bond motifs is 7. The Labute approximate surface area is 285 Å². The van der Waals surface area contributed by atoms with E-state index in [9.17, 15) is 19.5 Å². The van der Waals surface area contributed by atoms with E-state index in [0.717, 1.165) is 38.6 Å². The van der Waals surface area contributed by atoms with Crippen LogP contribution in [-0.4, -0.2) is 53.5 Å². The number of hydrogen-bond acceptors (Lipinski definition) is 5. The fourth-order valence-corrected chi connectivity index (χ4v) is 13.1. The number of carboxylic acid groups (broad SMARTS) is 1. The molecule has 6 nitrogen and oxygen atoms in total. The Morgan fingerprint density at radius 3 is 2.26 bits per heavy atom. The minimum Gasteiger partial charge on any atom is -0.481 e. The summed E-state index contributed by atoms with van der Waals surface area (Å²) >= 11 is 0. The van der Waals surface area contributed by atoms with Crippen molar-refractivity contribution in [3.63, 3.8) is 0 Å². The van der Waals surface area contributed by atoms with Gasteiger partial charge in [-0.3, -0.25) is 14.4 Å². The molecule has 6 rings (SSSR count). The number of allylic oxidation sites excluding steroid dienone is 2. The van der Waals surface area contributed by atoms with Gasteiger partial charge < -0.3 is 14.7 Å². The highest BCUT2D eigenvalue weighted by Gasteiger charge is 2.66. The van der Waals surface area contributed by atoms with Crippen LogP contribution in [-0.2, 0) is 19.1 Å². The molecule has 8 atom stereocenters. The van der Waals surface area contributed by atoms with Gasteiger partial charge in [0.25, 0.3) is 0 Å². The molecule has 6 heteroatoms. The molecular weight excluding hydrogens is 586 g/mol. The second-order valence-electron chi connectivity index (χ2n) is 19.2. The van der Waals surface area contributed by atoms with E-state index in [1.807, 2.05) is 0 Å². The van der Waals surface area contributed by atoms with E-state index in [1.54, 1.807) is 19.4 Å². The minimum absolute atomic E-state index is 0.0821. The molecule has 0 aromatic rings. The predicted octanol–water partition coefficient (Wildman–Crippen LogP) is 8.87. The van der Waals surface area contributed by atoms with Crippen molar-refractivity contribution in [3.05, 3.63) is 11.1 Å². The quantitative estimate of drug-likeness (QED) is 0.264. The molecule has 1 aliphatic heterocycles. The van der Waals surface area contributed by atoms with E-state index in [-0.39, 0.29) is 40.2 Å². The van der Waals surface area contributed by atoms with Gasteiger partial charge in [0.15, 0.2) is 5.78 Å². The van der Waals surface area contributed by atoms with E-state index in [1.165, 1.54) is 70.0 Å². The summed E-state index contributed by atoms with van der Waals surface area (Å²) in [5.74, 6) is 1.66. The number of esters is 1. The van der Waals surface area contributed by atoms with Crippen LogP contribution < -0.4 is 0 Å². The summed E-state index contributed by atoms with van der Waals surface area (Å²) in [5.41, 5.74) is 2.05. The molecule has 0 amide bonds. The number of carbonyl (C=O) groups excluding carboxylic acids is 2. The van der Waals surface area contributed by atoms with E-state index >= 15 is 0 Å². The maximum atomic E-state index is 13.9. The Morgan fingerprint density at radius 2 is 1.60 bits per heavy atom. The number of hydrogen-bond donors (Lipinski definition) is 1. The molecule has 1 N–H and O–H groups in total. The summed E-state index contributed by atoms with van der Waals surface area (Å²) < 4.78 is 6.16. The first kappa shape index (κ1) is 35.1. The third-order valence-electron chi connectivity index (χ3n) is 15.5. The van der Waals surface area contributed by atoms with Crippen molar-refractivity contribution >= 4 is 17.7 Å². The van der Waals surface area contributed by atoms with Crippen LogP contribution in [0.3, 0.4) is 0 Å². The maximum Gasteiger partial charge on any atom is 0.309 e. The van der Waals surface area contributed by atoms with Crippen LogP contribution in [0.15, 0.2) is 11.1 Å². The molecule has 47 heavy (non-hydrogen) atoms. The van der Waals surface area contributed by atoms with Gasteiger partial charge in [-0.15, -0.1) is 0 Å². The Bertz CT molecular complexity index is 1290. The Morgan fingerprint density at radius 1 is 0.915 bits per heavy atom. The molecule has 5 aliphatic carbocycles. The number of rotatable bonds is 8. The van der Waals surface area contributed by atoms with Crippen LogP contribution in [0.25, 0.3) is 0 Å². The molecule has 0 spiro atoms. The second-order valence-corrected chi connectivity index (χ2v) is 19.2. The monoisotopic (exact) mass is 651 g/mol. The van der Waals surface area contributed by atoms with Crippen molar-refractivity contribution in [2.24, 2.45) is 56.7 Å². The topological polar surface area (TPSA) is 83.9 Å². The minimum atomic E-state index is -1.13. The molecule has 6 aliphatic rings. The van der Waals surface area contributed by atoms with Crippen LogP contribution in [0.4, 0.5) is 0 Å². The summed E-state index contributed by atoms with van der Waals surface area (Å²) in [6, 6.07) is 0. The van der Waals surface area contributed by atoms with Crippen molar-refractivity contribution in [2.75, 3.05) is 19.6 Å². The SMILES string of the molecule is CC(C)C1=C2C3CCC4C(C)(CCC5C(C)(C)C(OC(=O)CC(C)(C)C(=O)O)CCC54C)C3CCC2(CCN2CCCCC2)CC1=O. The molecule has 0 aromatic heterocycles. The van der Waals surface area contributed by atoms with Crippen LogP contribution in [0.2, 0.25) is 0 Å². The Kier molecular flexibility index (Phi) is 9.17. The highest BCUT2D eigenvalue weighted by molar-refractivity contribution is 6.00. The van der Waals surface area contributed by atoms with Gasteiger partial charge in [-0.05, 0) is 150 Å². The summed E-state index contributed by atoms with van der Waals surface area (Å²) in [6.45, 7) is 21.1. The number of carbonyl (C=O) groups is 3. The molecular formula is C41H65NO5. The standard InChI is InChI=1S/C41H65NO5/c1-26(2)34-29(43)24-41(20-23-42-21-10-9-11-22-42)19-14-28-27(35(34)41)12-13-31-39(28,7)17-15-30-38(5,6)32(16-18-40(30,31)8)47-33(44)25-37(3,4)36(45)46/h26-28,30-32H,9-25H2,1-8H3,(H,45,46). The first-order valence-electron chi connectivity index (χ1n) is 19.4. The van der Waals surface area contributed by atoms with Crippen LogP contribution in [0.1, 0.15) is 145 Å². The summed E-state index contributed by atoms with van der Waals surface area (Å²) in [6.07, 6.45) is 14.7. The lowest BCUT2D eigenvalue weighted by Crippen LogP contribution is -2.63. The molecule has 264 valence electrons. The summed E-state index contributed by atoms with van der Waals surface area (Å²) in [5, 5.41) is 9.57. The molecule has 0 radical (unpaired) electrons. The predicted molar refractivity (Wildman–Crippen MR) is 186 cm³/mol. The lowest BCUT2D eigenvalue weighted by Gasteiger charge is -2.69. The van der Waals surface area contributed by atoms with E-state index in [0.29, 0.717) is 35.4 Å². The van der Waals surface area contributed by atoms with Gasteiger partial charge in [-0.2, -0.15) is 0 Å². The van der Waals surface area contributed by atoms with Gasteiger partial charge in [0, 0.05) is 17.3 Å². The number of carboxylic acids is 1. The first-order chi connectivity index (χ1) is 22.0. The van der Waals surface area contributed by atoms with Crippen LogP contribution in [0, 0.1) is 56.7 Å². The second kappa shape index (κ2) is 12.3. The first-order valence-corrected chi connectivity index (χ1v) is 19.4. The van der Waals surface area contributed by atoms with Gasteiger partial charge in [0.1, 0.15) is 6.10 Å². The molecule has 8 unspecified atom stereocenters. The maximum absolute atomic E-state index is 13.9. The number of piperidine rings is 1.